The van der Waals surface area contributed by atoms with Crippen LogP contribution in [0.25, 0.3) is 0 Å². The second-order valence-corrected chi connectivity index (χ2v) is 4.44. The number of ether oxygens (including phenoxy) is 1. The van der Waals surface area contributed by atoms with E-state index >= 15 is 0 Å². The first-order valence-corrected chi connectivity index (χ1v) is 6.11. The Balaban J connectivity index is 2.02. The van der Waals surface area contributed by atoms with Crippen LogP contribution >= 0.6 is 11.6 Å². The predicted octanol–water partition coefficient (Wildman–Crippen LogP) is 2.41. The van der Waals surface area contributed by atoms with Crippen molar-refractivity contribution in [2.45, 2.75) is 6.04 Å². The van der Waals surface area contributed by atoms with E-state index in [1.165, 1.54) is 0 Å². The van der Waals surface area contributed by atoms with E-state index in [-0.39, 0.29) is 6.04 Å². The van der Waals surface area contributed by atoms with Crippen LogP contribution in [0.4, 0.5) is 0 Å². The van der Waals surface area contributed by atoms with Gasteiger partial charge >= 0.3 is 0 Å². The van der Waals surface area contributed by atoms with Crippen LogP contribution in [-0.2, 0) is 7.05 Å². The van der Waals surface area contributed by atoms with Gasteiger partial charge in [-0.15, -0.1) is 0 Å². The van der Waals surface area contributed by atoms with Crippen molar-refractivity contribution in [3.63, 3.8) is 0 Å². The predicted molar refractivity (Wildman–Crippen MR) is 72.0 cm³/mol. The van der Waals surface area contributed by atoms with Gasteiger partial charge in [-0.2, -0.15) is 0 Å². The van der Waals surface area contributed by atoms with E-state index in [0.717, 1.165) is 11.6 Å². The SMILES string of the molecule is CNC(COc1cccc(Cl)c1)c1nccn1C. The number of likely N-dealkylation sites (N-methyl/N-ethyl adjacent to an activating group) is 1. The molecule has 18 heavy (non-hydrogen) atoms. The van der Waals surface area contributed by atoms with Crippen LogP contribution in [0.15, 0.2) is 36.7 Å². The Kier molecular flexibility index (Phi) is 4.23. The van der Waals surface area contributed by atoms with E-state index in [0.29, 0.717) is 11.6 Å². The molecule has 0 bridgehead atoms. The minimum absolute atomic E-state index is 0.0454. The standard InChI is InChI=1S/C13H16ClN3O/c1-15-12(13-16-6-7-17(13)2)9-18-11-5-3-4-10(14)8-11/h3-8,12,15H,9H2,1-2H3. The van der Waals surface area contributed by atoms with E-state index in [1.54, 1.807) is 12.3 Å². The van der Waals surface area contributed by atoms with Crippen molar-refractivity contribution in [3.8, 4) is 5.75 Å². The fourth-order valence-corrected chi connectivity index (χ4v) is 1.92. The van der Waals surface area contributed by atoms with E-state index < -0.39 is 0 Å². The van der Waals surface area contributed by atoms with Crippen molar-refractivity contribution < 1.29 is 4.74 Å². The summed E-state index contributed by atoms with van der Waals surface area (Å²) in [5, 5.41) is 3.86. The summed E-state index contributed by atoms with van der Waals surface area (Å²) in [6, 6.07) is 7.42. The fraction of sp³-hybridized carbons (Fsp3) is 0.308. The number of imidazole rings is 1. The molecule has 0 aliphatic heterocycles. The third-order valence-corrected chi connectivity index (χ3v) is 2.97. The van der Waals surface area contributed by atoms with Crippen LogP contribution in [0.3, 0.4) is 0 Å². The average Bonchev–Trinajstić information content (AvgIpc) is 2.77. The maximum absolute atomic E-state index is 5.91. The number of halogens is 1. The summed E-state index contributed by atoms with van der Waals surface area (Å²) < 4.78 is 7.69. The zero-order valence-electron chi connectivity index (χ0n) is 10.4. The zero-order valence-corrected chi connectivity index (χ0v) is 11.2. The van der Waals surface area contributed by atoms with Gasteiger partial charge in [0.15, 0.2) is 0 Å². The van der Waals surface area contributed by atoms with E-state index in [9.17, 15) is 0 Å². The van der Waals surface area contributed by atoms with Crippen LogP contribution in [0.5, 0.6) is 5.75 Å². The maximum atomic E-state index is 5.91. The number of nitrogens with zero attached hydrogens (tertiary/aromatic N) is 2. The molecule has 0 aliphatic carbocycles. The van der Waals surface area contributed by atoms with Gasteiger partial charge in [0, 0.05) is 24.5 Å². The zero-order chi connectivity index (χ0) is 13.0. The summed E-state index contributed by atoms with van der Waals surface area (Å²) in [5.74, 6) is 1.71. The molecular weight excluding hydrogens is 250 g/mol. The Bertz CT molecular complexity index is 512. The molecule has 0 fully saturated rings. The normalized spacial score (nSPS) is 12.4. The molecule has 1 aromatic heterocycles. The lowest BCUT2D eigenvalue weighted by Crippen LogP contribution is -2.26. The van der Waals surface area contributed by atoms with Crippen molar-refractivity contribution in [1.82, 2.24) is 14.9 Å². The first kappa shape index (κ1) is 12.9. The number of benzene rings is 1. The van der Waals surface area contributed by atoms with E-state index in [1.807, 2.05) is 43.1 Å². The second-order valence-electron chi connectivity index (χ2n) is 4.01. The summed E-state index contributed by atoms with van der Waals surface area (Å²) in [5.41, 5.74) is 0. The number of aryl methyl sites for hydroxylation is 1. The van der Waals surface area contributed by atoms with Crippen LogP contribution in [0.1, 0.15) is 11.9 Å². The third kappa shape index (κ3) is 3.03. The average molecular weight is 266 g/mol. The van der Waals surface area contributed by atoms with Crippen molar-refractivity contribution in [2.24, 2.45) is 7.05 Å². The summed E-state index contributed by atoms with van der Waals surface area (Å²) in [7, 11) is 3.85. The van der Waals surface area contributed by atoms with Gasteiger partial charge in [-0.3, -0.25) is 0 Å². The number of hydrogen-bond acceptors (Lipinski definition) is 3. The molecular formula is C13H16ClN3O. The van der Waals surface area contributed by atoms with Gasteiger partial charge < -0.3 is 14.6 Å². The number of hydrogen-bond donors (Lipinski definition) is 1. The highest BCUT2D eigenvalue weighted by molar-refractivity contribution is 6.30. The molecule has 1 unspecified atom stereocenters. The Morgan fingerprint density at radius 2 is 2.33 bits per heavy atom. The fourth-order valence-electron chi connectivity index (χ4n) is 1.74. The van der Waals surface area contributed by atoms with Gasteiger partial charge in [-0.1, -0.05) is 17.7 Å². The minimum Gasteiger partial charge on any atom is -0.491 e. The molecule has 1 aromatic carbocycles. The third-order valence-electron chi connectivity index (χ3n) is 2.73. The van der Waals surface area contributed by atoms with Crippen LogP contribution in [-0.4, -0.2) is 23.2 Å². The molecule has 2 rings (SSSR count). The van der Waals surface area contributed by atoms with Gasteiger partial charge in [-0.25, -0.2) is 4.98 Å². The van der Waals surface area contributed by atoms with Crippen molar-refractivity contribution >= 4 is 11.6 Å². The largest absolute Gasteiger partial charge is 0.491 e. The van der Waals surface area contributed by atoms with Crippen molar-refractivity contribution in [1.29, 1.82) is 0 Å². The second kappa shape index (κ2) is 5.89. The molecule has 0 amide bonds. The molecule has 0 radical (unpaired) electrons. The molecule has 0 saturated heterocycles. The summed E-state index contributed by atoms with van der Waals surface area (Å²) in [6.07, 6.45) is 3.69. The van der Waals surface area contributed by atoms with Crippen LogP contribution in [0.2, 0.25) is 5.02 Å². The molecule has 1 atom stereocenters. The van der Waals surface area contributed by atoms with Gasteiger partial charge in [0.2, 0.25) is 0 Å². The molecule has 5 heteroatoms. The van der Waals surface area contributed by atoms with Gasteiger partial charge in [0.1, 0.15) is 18.2 Å². The van der Waals surface area contributed by atoms with Gasteiger partial charge in [0.05, 0.1) is 6.04 Å². The van der Waals surface area contributed by atoms with Crippen molar-refractivity contribution in [2.75, 3.05) is 13.7 Å². The van der Waals surface area contributed by atoms with Gasteiger partial charge in [0.25, 0.3) is 0 Å². The summed E-state index contributed by atoms with van der Waals surface area (Å²) in [4.78, 5) is 4.31. The first-order valence-electron chi connectivity index (χ1n) is 5.73. The highest BCUT2D eigenvalue weighted by Crippen LogP contribution is 2.19. The topological polar surface area (TPSA) is 39.1 Å². The maximum Gasteiger partial charge on any atom is 0.129 e. The number of aromatic nitrogens is 2. The lowest BCUT2D eigenvalue weighted by Gasteiger charge is -2.16. The quantitative estimate of drug-likeness (QED) is 0.902. The van der Waals surface area contributed by atoms with Crippen molar-refractivity contribution in [3.05, 3.63) is 47.5 Å². The highest BCUT2D eigenvalue weighted by atomic mass is 35.5. The molecule has 4 nitrogen and oxygen atoms in total. The minimum atomic E-state index is 0.0454. The lowest BCUT2D eigenvalue weighted by atomic mass is 10.3. The summed E-state index contributed by atoms with van der Waals surface area (Å²) >= 11 is 5.91. The molecule has 2 aromatic rings. The Labute approximate surface area is 112 Å². The molecule has 0 spiro atoms. The smallest absolute Gasteiger partial charge is 0.129 e. The monoisotopic (exact) mass is 265 g/mol. The Morgan fingerprint density at radius 1 is 1.50 bits per heavy atom. The molecule has 0 aliphatic rings. The van der Waals surface area contributed by atoms with Crippen LogP contribution in [0, 0.1) is 0 Å². The van der Waals surface area contributed by atoms with E-state index in [2.05, 4.69) is 10.3 Å². The van der Waals surface area contributed by atoms with Crippen LogP contribution < -0.4 is 10.1 Å². The van der Waals surface area contributed by atoms with E-state index in [4.69, 9.17) is 16.3 Å². The summed E-state index contributed by atoms with van der Waals surface area (Å²) in [6.45, 7) is 0.502. The molecule has 96 valence electrons. The molecule has 0 saturated carbocycles. The highest BCUT2D eigenvalue weighted by Gasteiger charge is 2.14. The number of rotatable bonds is 5. The Hall–Kier alpha value is -1.52. The first-order chi connectivity index (χ1) is 8.70. The Morgan fingerprint density at radius 3 is 2.94 bits per heavy atom. The van der Waals surface area contributed by atoms with Gasteiger partial charge in [-0.05, 0) is 25.2 Å². The molecule has 1 N–H and O–H groups in total. The lowest BCUT2D eigenvalue weighted by molar-refractivity contribution is 0.265. The molecule has 1 heterocycles. The number of nitrogens with one attached hydrogen (secondary N) is 1.